The highest BCUT2D eigenvalue weighted by Gasteiger charge is 2.27. The summed E-state index contributed by atoms with van der Waals surface area (Å²) in [6, 6.07) is 16.1. The van der Waals surface area contributed by atoms with Crippen molar-refractivity contribution in [1.82, 2.24) is 5.32 Å². The van der Waals surface area contributed by atoms with E-state index in [1.807, 2.05) is 36.4 Å². The Bertz CT molecular complexity index is 824. The molecule has 1 aliphatic heterocycles. The van der Waals surface area contributed by atoms with Gasteiger partial charge in [0, 0.05) is 6.54 Å². The third-order valence-corrected chi connectivity index (χ3v) is 4.04. The molecule has 0 saturated heterocycles. The van der Waals surface area contributed by atoms with Gasteiger partial charge in [-0.3, -0.25) is 9.59 Å². The number of benzene rings is 2. The third-order valence-electron chi connectivity index (χ3n) is 4.04. The van der Waals surface area contributed by atoms with E-state index in [0.29, 0.717) is 18.5 Å². The molecule has 2 aromatic rings. The summed E-state index contributed by atoms with van der Waals surface area (Å²) in [5, 5.41) is 17.5. The molecule has 0 bridgehead atoms. The van der Waals surface area contributed by atoms with Gasteiger partial charge in [0.15, 0.2) is 0 Å². The lowest BCUT2D eigenvalue weighted by atomic mass is 10.1. The lowest BCUT2D eigenvalue weighted by Gasteiger charge is -2.26. The van der Waals surface area contributed by atoms with Gasteiger partial charge in [0.25, 0.3) is 0 Å². The molecule has 1 aliphatic rings. The van der Waals surface area contributed by atoms with Crippen LogP contribution in [0.2, 0.25) is 0 Å². The lowest BCUT2D eigenvalue weighted by molar-refractivity contribution is -0.124. The average Bonchev–Trinajstić information content (AvgIpc) is 2.63. The van der Waals surface area contributed by atoms with E-state index < -0.39 is 6.04 Å². The summed E-state index contributed by atoms with van der Waals surface area (Å²) in [6.45, 7) is 0.482. The summed E-state index contributed by atoms with van der Waals surface area (Å²) in [4.78, 5) is 24.2. The van der Waals surface area contributed by atoms with Crippen LogP contribution < -0.4 is 16.0 Å². The maximum Gasteiger partial charge on any atom is 0.247 e. The molecule has 0 fully saturated rings. The summed E-state index contributed by atoms with van der Waals surface area (Å²) in [5.74, 6) is -0.387. The summed E-state index contributed by atoms with van der Waals surface area (Å²) in [6.07, 6.45) is 0.748. The first-order chi connectivity index (χ1) is 12.2. The van der Waals surface area contributed by atoms with Crippen molar-refractivity contribution in [2.75, 3.05) is 17.2 Å². The highest BCUT2D eigenvalue weighted by Crippen LogP contribution is 2.26. The fourth-order valence-electron chi connectivity index (χ4n) is 2.68. The number of carbonyl (C=O) groups is 2. The van der Waals surface area contributed by atoms with E-state index in [9.17, 15) is 9.59 Å². The molecule has 2 aromatic carbocycles. The SMILES string of the molecule is N#Cc1ccc(CCNC(=O)C[C@H]2Nc3ccccc3NC2=O)cc1. The molecule has 0 aliphatic carbocycles. The normalized spacial score (nSPS) is 15.3. The van der Waals surface area contributed by atoms with Crippen molar-refractivity contribution in [2.45, 2.75) is 18.9 Å². The second-order valence-electron chi connectivity index (χ2n) is 5.84. The Labute approximate surface area is 145 Å². The number of hydrogen-bond acceptors (Lipinski definition) is 4. The number of anilines is 2. The number of fused-ring (bicyclic) bond motifs is 1. The van der Waals surface area contributed by atoms with Gasteiger partial charge < -0.3 is 16.0 Å². The number of amides is 2. The zero-order valence-electron chi connectivity index (χ0n) is 13.6. The Kier molecular flexibility index (Phi) is 4.95. The van der Waals surface area contributed by atoms with Crippen LogP contribution in [0.3, 0.4) is 0 Å². The van der Waals surface area contributed by atoms with E-state index in [-0.39, 0.29) is 18.2 Å². The van der Waals surface area contributed by atoms with Crippen molar-refractivity contribution in [1.29, 1.82) is 5.26 Å². The van der Waals surface area contributed by atoms with E-state index in [0.717, 1.165) is 16.9 Å². The monoisotopic (exact) mass is 334 g/mol. The molecule has 2 amide bonds. The predicted octanol–water partition coefficient (Wildman–Crippen LogP) is 2.04. The van der Waals surface area contributed by atoms with Crippen LogP contribution in [0.4, 0.5) is 11.4 Å². The largest absolute Gasteiger partial charge is 0.372 e. The first-order valence-electron chi connectivity index (χ1n) is 8.08. The minimum Gasteiger partial charge on any atom is -0.372 e. The topological polar surface area (TPSA) is 94.0 Å². The van der Waals surface area contributed by atoms with E-state index in [1.165, 1.54) is 0 Å². The van der Waals surface area contributed by atoms with E-state index in [2.05, 4.69) is 22.0 Å². The van der Waals surface area contributed by atoms with Crippen molar-refractivity contribution in [3.8, 4) is 6.07 Å². The van der Waals surface area contributed by atoms with Crippen LogP contribution >= 0.6 is 0 Å². The number of hydrogen-bond donors (Lipinski definition) is 3. The predicted molar refractivity (Wildman–Crippen MR) is 95.0 cm³/mol. The molecule has 126 valence electrons. The maximum absolute atomic E-state index is 12.1. The Balaban J connectivity index is 1.48. The van der Waals surface area contributed by atoms with Gasteiger partial charge in [-0.2, -0.15) is 5.26 Å². The molecule has 0 radical (unpaired) electrons. The number of nitriles is 1. The smallest absolute Gasteiger partial charge is 0.247 e. The molecule has 0 saturated carbocycles. The molecule has 6 heteroatoms. The lowest BCUT2D eigenvalue weighted by Crippen LogP contribution is -2.42. The first kappa shape index (κ1) is 16.5. The molecular weight excluding hydrogens is 316 g/mol. The number of rotatable bonds is 5. The van der Waals surface area contributed by atoms with Crippen molar-refractivity contribution >= 4 is 23.2 Å². The summed E-state index contributed by atoms with van der Waals surface area (Å²) in [7, 11) is 0. The fraction of sp³-hybridized carbons (Fsp3) is 0.211. The van der Waals surface area contributed by atoms with Crippen LogP contribution in [0.25, 0.3) is 0 Å². The molecule has 3 N–H and O–H groups in total. The van der Waals surface area contributed by atoms with E-state index in [1.54, 1.807) is 12.1 Å². The molecule has 0 aromatic heterocycles. The number of para-hydroxylation sites is 2. The van der Waals surface area contributed by atoms with Gasteiger partial charge in [-0.25, -0.2) is 0 Å². The summed E-state index contributed by atoms with van der Waals surface area (Å²) in [5.41, 5.74) is 3.20. The Morgan fingerprint density at radius 2 is 1.84 bits per heavy atom. The second-order valence-corrected chi connectivity index (χ2v) is 5.84. The minimum atomic E-state index is -0.579. The van der Waals surface area contributed by atoms with Crippen LogP contribution in [0.15, 0.2) is 48.5 Å². The fourth-order valence-corrected chi connectivity index (χ4v) is 2.68. The van der Waals surface area contributed by atoms with Gasteiger partial charge in [0.1, 0.15) is 6.04 Å². The molecule has 0 unspecified atom stereocenters. The maximum atomic E-state index is 12.1. The third kappa shape index (κ3) is 4.15. The average molecular weight is 334 g/mol. The van der Waals surface area contributed by atoms with Gasteiger partial charge >= 0.3 is 0 Å². The van der Waals surface area contributed by atoms with Crippen LogP contribution in [-0.4, -0.2) is 24.4 Å². The zero-order valence-corrected chi connectivity index (χ0v) is 13.6. The van der Waals surface area contributed by atoms with Crippen molar-refractivity contribution in [3.05, 3.63) is 59.7 Å². The molecule has 6 nitrogen and oxygen atoms in total. The van der Waals surface area contributed by atoms with Gasteiger partial charge in [-0.1, -0.05) is 24.3 Å². The number of nitrogens with one attached hydrogen (secondary N) is 3. The number of carbonyl (C=O) groups excluding carboxylic acids is 2. The Morgan fingerprint density at radius 1 is 1.12 bits per heavy atom. The first-order valence-corrected chi connectivity index (χ1v) is 8.08. The van der Waals surface area contributed by atoms with Crippen molar-refractivity contribution in [3.63, 3.8) is 0 Å². The minimum absolute atomic E-state index is 0.0769. The quantitative estimate of drug-likeness (QED) is 0.780. The van der Waals surface area contributed by atoms with E-state index in [4.69, 9.17) is 5.26 Å². The van der Waals surface area contributed by atoms with Crippen molar-refractivity contribution < 1.29 is 9.59 Å². The van der Waals surface area contributed by atoms with Gasteiger partial charge in [-0.15, -0.1) is 0 Å². The van der Waals surface area contributed by atoms with Crippen LogP contribution in [-0.2, 0) is 16.0 Å². The van der Waals surface area contributed by atoms with Crippen molar-refractivity contribution in [2.24, 2.45) is 0 Å². The summed E-state index contributed by atoms with van der Waals surface area (Å²) >= 11 is 0. The van der Waals surface area contributed by atoms with Gasteiger partial charge in [-0.05, 0) is 36.2 Å². The summed E-state index contributed by atoms with van der Waals surface area (Å²) < 4.78 is 0. The zero-order chi connectivity index (χ0) is 17.6. The molecule has 25 heavy (non-hydrogen) atoms. The standard InChI is InChI=1S/C19H18N4O2/c20-12-14-7-5-13(6-8-14)9-10-21-18(24)11-17-19(25)23-16-4-2-1-3-15(16)22-17/h1-8,17,22H,9-11H2,(H,21,24)(H,23,25)/t17-/m1/s1. The van der Waals surface area contributed by atoms with Crippen LogP contribution in [0.5, 0.6) is 0 Å². The Hall–Kier alpha value is -3.33. The number of nitrogens with zero attached hydrogens (tertiary/aromatic N) is 1. The molecule has 1 atom stereocenters. The molecule has 1 heterocycles. The van der Waals surface area contributed by atoms with Crippen LogP contribution in [0.1, 0.15) is 17.5 Å². The van der Waals surface area contributed by atoms with E-state index >= 15 is 0 Å². The highest BCUT2D eigenvalue weighted by atomic mass is 16.2. The molecular formula is C19H18N4O2. The van der Waals surface area contributed by atoms with Gasteiger partial charge in [0.05, 0.1) is 29.4 Å². The molecule has 0 spiro atoms. The Morgan fingerprint density at radius 3 is 2.56 bits per heavy atom. The second kappa shape index (κ2) is 7.49. The van der Waals surface area contributed by atoms with Gasteiger partial charge in [0.2, 0.25) is 11.8 Å². The highest BCUT2D eigenvalue weighted by molar-refractivity contribution is 6.04. The molecule has 3 rings (SSSR count). The van der Waals surface area contributed by atoms with Crippen LogP contribution in [0, 0.1) is 11.3 Å².